The summed E-state index contributed by atoms with van der Waals surface area (Å²) >= 11 is 0. The van der Waals surface area contributed by atoms with Crippen LogP contribution in [0.1, 0.15) is 12.8 Å². The van der Waals surface area contributed by atoms with Crippen molar-refractivity contribution >= 4 is 18.6 Å². The van der Waals surface area contributed by atoms with Crippen LogP contribution in [0.4, 0.5) is 28.6 Å². The monoisotopic (exact) mass is 321 g/mol. The molecular formula is C12H16BF4N3O2. The number of diazo groups is 1. The van der Waals surface area contributed by atoms with E-state index in [1.807, 2.05) is 6.07 Å². The van der Waals surface area contributed by atoms with Crippen LogP contribution >= 0.6 is 0 Å². The molecule has 0 spiro atoms. The summed E-state index contributed by atoms with van der Waals surface area (Å²) in [6, 6.07) is 3.55. The van der Waals surface area contributed by atoms with E-state index in [1.165, 1.54) is 12.8 Å². The Morgan fingerprint density at radius 3 is 1.95 bits per heavy atom. The molecule has 1 aromatic carbocycles. The maximum Gasteiger partial charge on any atom is 0.673 e. The summed E-state index contributed by atoms with van der Waals surface area (Å²) in [6.45, 7) is 2.05. The highest BCUT2D eigenvalue weighted by molar-refractivity contribution is 6.50. The molecule has 1 heterocycles. The average Bonchev–Trinajstić information content (AvgIpc) is 2.98. The lowest BCUT2D eigenvalue weighted by atomic mass is 10.2. The van der Waals surface area contributed by atoms with Gasteiger partial charge >= 0.3 is 12.9 Å². The van der Waals surface area contributed by atoms with Gasteiger partial charge < -0.3 is 31.6 Å². The first-order valence-corrected chi connectivity index (χ1v) is 6.53. The molecule has 1 fully saturated rings. The molecule has 0 atom stereocenters. The third-order valence-electron chi connectivity index (χ3n) is 3.03. The minimum atomic E-state index is -6.00. The molecule has 2 rings (SSSR count). The van der Waals surface area contributed by atoms with Crippen molar-refractivity contribution in [1.29, 1.82) is 5.39 Å². The smallest absolute Gasteiger partial charge is 0.494 e. The van der Waals surface area contributed by atoms with Gasteiger partial charge in [-0.3, -0.25) is 0 Å². The van der Waals surface area contributed by atoms with Crippen molar-refractivity contribution in [1.82, 2.24) is 0 Å². The second-order valence-corrected chi connectivity index (χ2v) is 4.48. The lowest BCUT2D eigenvalue weighted by Gasteiger charge is -2.20. The molecule has 1 aromatic rings. The number of hydrogen-bond acceptors (Lipinski definition) is 4. The van der Waals surface area contributed by atoms with Gasteiger partial charge in [0.1, 0.15) is 0 Å². The standard InChI is InChI=1S/C12H16N3O2.BF4/c1-16-11-8-10(15-5-3-4-6-15)12(17-2)7-9(11)14-13;2-1(3,4)5/h7-8H,3-6H2,1-2H3;/q+1;-1. The number of nitrogens with zero attached hydrogens (tertiary/aromatic N) is 3. The van der Waals surface area contributed by atoms with Crippen LogP contribution in [0.25, 0.3) is 4.98 Å². The Labute approximate surface area is 125 Å². The summed E-state index contributed by atoms with van der Waals surface area (Å²) in [7, 11) is -2.83. The van der Waals surface area contributed by atoms with Gasteiger partial charge in [0.15, 0.2) is 10.7 Å². The van der Waals surface area contributed by atoms with Crippen molar-refractivity contribution in [2.75, 3.05) is 32.2 Å². The van der Waals surface area contributed by atoms with E-state index < -0.39 is 7.25 Å². The maximum absolute atomic E-state index is 9.75. The van der Waals surface area contributed by atoms with E-state index in [9.17, 15) is 17.3 Å². The number of methoxy groups -OCH3 is 2. The number of benzene rings is 1. The van der Waals surface area contributed by atoms with E-state index in [1.54, 1.807) is 20.3 Å². The minimum absolute atomic E-state index is 0.382. The van der Waals surface area contributed by atoms with Crippen molar-refractivity contribution in [3.63, 3.8) is 0 Å². The van der Waals surface area contributed by atoms with Crippen LogP contribution in [-0.4, -0.2) is 34.6 Å². The molecule has 1 aliphatic rings. The Balaban J connectivity index is 0.000000422. The second kappa shape index (κ2) is 7.73. The lowest BCUT2D eigenvalue weighted by Crippen LogP contribution is -2.18. The zero-order valence-electron chi connectivity index (χ0n) is 12.2. The van der Waals surface area contributed by atoms with E-state index in [-0.39, 0.29) is 0 Å². The quantitative estimate of drug-likeness (QED) is 0.478. The summed E-state index contributed by atoms with van der Waals surface area (Å²) in [4.78, 5) is 5.45. The number of anilines is 1. The molecule has 1 aliphatic heterocycles. The predicted octanol–water partition coefficient (Wildman–Crippen LogP) is 4.09. The largest absolute Gasteiger partial charge is 0.673 e. The van der Waals surface area contributed by atoms with E-state index in [0.29, 0.717) is 17.2 Å². The number of hydrogen-bond donors (Lipinski definition) is 0. The zero-order valence-corrected chi connectivity index (χ0v) is 12.2. The minimum Gasteiger partial charge on any atom is -0.494 e. The molecule has 0 amide bonds. The lowest BCUT2D eigenvalue weighted by molar-refractivity contribution is 0.368. The molecule has 0 aliphatic carbocycles. The molecule has 1 saturated heterocycles. The first-order valence-electron chi connectivity index (χ1n) is 6.53. The van der Waals surface area contributed by atoms with Gasteiger partial charge in [-0.25, -0.2) is 0 Å². The molecule has 10 heteroatoms. The van der Waals surface area contributed by atoms with Gasteiger partial charge in [-0.05, 0) is 12.8 Å². The average molecular weight is 321 g/mol. The first-order chi connectivity index (χ1) is 10.3. The van der Waals surface area contributed by atoms with E-state index >= 15 is 0 Å². The number of rotatable bonds is 3. The second-order valence-electron chi connectivity index (χ2n) is 4.48. The fraction of sp³-hybridized carbons (Fsp3) is 0.500. The summed E-state index contributed by atoms with van der Waals surface area (Å²) in [5, 5.41) is 8.90. The summed E-state index contributed by atoms with van der Waals surface area (Å²) < 4.78 is 49.5. The Kier molecular flexibility index (Phi) is 6.28. The van der Waals surface area contributed by atoms with Crippen LogP contribution in [0, 0.1) is 5.39 Å². The highest BCUT2D eigenvalue weighted by atomic mass is 19.5. The fourth-order valence-electron chi connectivity index (χ4n) is 2.15. The van der Waals surface area contributed by atoms with Crippen molar-refractivity contribution < 1.29 is 26.7 Å². The van der Waals surface area contributed by atoms with Crippen LogP contribution in [0.5, 0.6) is 11.5 Å². The molecule has 0 aromatic heterocycles. The molecule has 0 N–H and O–H groups in total. The van der Waals surface area contributed by atoms with Gasteiger partial charge in [0.05, 0.1) is 26.0 Å². The van der Waals surface area contributed by atoms with Crippen molar-refractivity contribution in [3.8, 4) is 11.5 Å². The molecule has 5 nitrogen and oxygen atoms in total. The van der Waals surface area contributed by atoms with Crippen LogP contribution in [-0.2, 0) is 0 Å². The Bertz CT molecular complexity index is 536. The molecule has 122 valence electrons. The Hall–Kier alpha value is -2.18. The third kappa shape index (κ3) is 5.31. The van der Waals surface area contributed by atoms with Crippen molar-refractivity contribution in [2.24, 2.45) is 0 Å². The van der Waals surface area contributed by atoms with E-state index in [4.69, 9.17) is 14.9 Å². The van der Waals surface area contributed by atoms with E-state index in [2.05, 4.69) is 9.88 Å². The zero-order chi connectivity index (χ0) is 16.8. The normalized spacial score (nSPS) is 14.0. The summed E-state index contributed by atoms with van der Waals surface area (Å²) in [5.74, 6) is 1.26. The molecular weight excluding hydrogens is 305 g/mol. The summed E-state index contributed by atoms with van der Waals surface area (Å²) in [6.07, 6.45) is 2.38. The SMILES string of the molecule is COc1cc(N2CCCC2)c(OC)cc1[N+]#N.F[B-](F)(F)F. The third-order valence-corrected chi connectivity index (χ3v) is 3.03. The van der Waals surface area contributed by atoms with E-state index in [0.717, 1.165) is 18.8 Å². The molecule has 0 radical (unpaired) electrons. The highest BCUT2D eigenvalue weighted by Gasteiger charge is 2.24. The van der Waals surface area contributed by atoms with Gasteiger partial charge in [0.25, 0.3) is 0 Å². The number of halogens is 4. The van der Waals surface area contributed by atoms with Crippen molar-refractivity contribution in [2.45, 2.75) is 12.8 Å². The van der Waals surface area contributed by atoms with Crippen LogP contribution in [0.3, 0.4) is 0 Å². The predicted molar refractivity (Wildman–Crippen MR) is 75.9 cm³/mol. The van der Waals surface area contributed by atoms with Crippen LogP contribution in [0.15, 0.2) is 12.1 Å². The highest BCUT2D eigenvalue weighted by Crippen LogP contribution is 2.40. The number of ether oxygens (including phenoxy) is 2. The molecule has 0 unspecified atom stereocenters. The van der Waals surface area contributed by atoms with Gasteiger partial charge in [0.2, 0.25) is 11.1 Å². The van der Waals surface area contributed by atoms with Crippen LogP contribution in [0.2, 0.25) is 0 Å². The molecule has 0 saturated carbocycles. The topological polar surface area (TPSA) is 49.9 Å². The maximum atomic E-state index is 9.75. The fourth-order valence-corrected chi connectivity index (χ4v) is 2.15. The van der Waals surface area contributed by atoms with Gasteiger partial charge in [-0.1, -0.05) is 0 Å². The van der Waals surface area contributed by atoms with Crippen LogP contribution < -0.4 is 14.4 Å². The Morgan fingerprint density at radius 1 is 1.05 bits per heavy atom. The van der Waals surface area contributed by atoms with Gasteiger partial charge in [-0.15, -0.1) is 0 Å². The Morgan fingerprint density at radius 2 is 1.55 bits per heavy atom. The van der Waals surface area contributed by atoms with Gasteiger partial charge in [-0.2, -0.15) is 0 Å². The first kappa shape index (κ1) is 17.9. The summed E-state index contributed by atoms with van der Waals surface area (Å²) in [5.41, 5.74) is 1.38. The van der Waals surface area contributed by atoms with Crippen molar-refractivity contribution in [3.05, 3.63) is 17.1 Å². The molecule has 22 heavy (non-hydrogen) atoms. The van der Waals surface area contributed by atoms with Gasteiger partial charge in [0, 0.05) is 19.2 Å². The molecule has 0 bridgehead atoms.